The number of anilines is 2. The molecule has 2 aromatic carbocycles. The third-order valence-electron chi connectivity index (χ3n) is 5.49. The molecule has 1 N–H and O–H groups in total. The summed E-state index contributed by atoms with van der Waals surface area (Å²) in [7, 11) is 3.00. The first-order chi connectivity index (χ1) is 15.9. The number of nitrogens with zero attached hydrogens (tertiary/aromatic N) is 3. The maximum Gasteiger partial charge on any atom is 0.278 e. The number of methoxy groups -OCH3 is 2. The molecule has 0 saturated carbocycles. The van der Waals surface area contributed by atoms with Crippen molar-refractivity contribution in [3.63, 3.8) is 0 Å². The Kier molecular flexibility index (Phi) is 6.12. The number of amides is 2. The van der Waals surface area contributed by atoms with Crippen molar-refractivity contribution in [3.05, 3.63) is 76.2 Å². The summed E-state index contributed by atoms with van der Waals surface area (Å²) in [6.45, 7) is 1.60. The summed E-state index contributed by atoms with van der Waals surface area (Å²) in [6.07, 6.45) is 0.744. The van der Waals surface area contributed by atoms with E-state index in [-0.39, 0.29) is 24.2 Å². The summed E-state index contributed by atoms with van der Waals surface area (Å²) >= 11 is 0. The molecule has 9 heteroatoms. The average molecular weight is 448 g/mol. The van der Waals surface area contributed by atoms with Gasteiger partial charge in [-0.25, -0.2) is 4.68 Å². The minimum Gasteiger partial charge on any atom is -0.497 e. The SMILES string of the molecule is COc1ccc(NC(=O)Cn2nc(C(=O)N3c4ccccc4C[C@H]3C)ccc2=O)c(OC)c1. The number of carbonyl (C=O) groups excluding carboxylic acids is 2. The van der Waals surface area contributed by atoms with Gasteiger partial charge in [0.05, 0.1) is 19.9 Å². The molecule has 1 aromatic heterocycles. The Morgan fingerprint density at radius 2 is 1.88 bits per heavy atom. The van der Waals surface area contributed by atoms with Gasteiger partial charge in [-0.05, 0) is 43.2 Å². The van der Waals surface area contributed by atoms with Crippen molar-refractivity contribution in [2.75, 3.05) is 24.4 Å². The second-order valence-electron chi connectivity index (χ2n) is 7.69. The fraction of sp³-hybridized carbons (Fsp3) is 0.250. The molecular formula is C24H24N4O5. The van der Waals surface area contributed by atoms with Crippen molar-refractivity contribution >= 4 is 23.2 Å². The van der Waals surface area contributed by atoms with Crippen LogP contribution >= 0.6 is 0 Å². The van der Waals surface area contributed by atoms with Crippen LogP contribution in [0.15, 0.2) is 59.4 Å². The predicted molar refractivity (Wildman–Crippen MR) is 123 cm³/mol. The van der Waals surface area contributed by atoms with E-state index in [0.717, 1.165) is 22.4 Å². The monoisotopic (exact) mass is 448 g/mol. The van der Waals surface area contributed by atoms with Crippen molar-refractivity contribution in [2.45, 2.75) is 25.9 Å². The molecular weight excluding hydrogens is 424 g/mol. The van der Waals surface area contributed by atoms with Crippen molar-refractivity contribution < 1.29 is 19.1 Å². The second-order valence-corrected chi connectivity index (χ2v) is 7.69. The van der Waals surface area contributed by atoms with E-state index in [0.29, 0.717) is 17.2 Å². The van der Waals surface area contributed by atoms with Crippen molar-refractivity contribution in [3.8, 4) is 11.5 Å². The Labute approximate surface area is 190 Å². The highest BCUT2D eigenvalue weighted by molar-refractivity contribution is 6.06. The van der Waals surface area contributed by atoms with E-state index in [1.807, 2.05) is 31.2 Å². The summed E-state index contributed by atoms with van der Waals surface area (Å²) in [5.41, 5.74) is 1.94. The van der Waals surface area contributed by atoms with Gasteiger partial charge in [-0.1, -0.05) is 18.2 Å². The van der Waals surface area contributed by atoms with E-state index in [2.05, 4.69) is 10.4 Å². The maximum absolute atomic E-state index is 13.2. The number of ether oxygens (including phenoxy) is 2. The fourth-order valence-electron chi connectivity index (χ4n) is 3.90. The number of hydrogen-bond donors (Lipinski definition) is 1. The molecule has 1 aliphatic rings. The van der Waals surface area contributed by atoms with Crippen LogP contribution in [-0.4, -0.2) is 41.9 Å². The molecule has 0 saturated heterocycles. The van der Waals surface area contributed by atoms with Crippen LogP contribution in [0.5, 0.6) is 11.5 Å². The highest BCUT2D eigenvalue weighted by Gasteiger charge is 2.32. The molecule has 0 bridgehead atoms. The number of benzene rings is 2. The minimum absolute atomic E-state index is 0.0390. The van der Waals surface area contributed by atoms with E-state index in [9.17, 15) is 14.4 Å². The highest BCUT2D eigenvalue weighted by Crippen LogP contribution is 2.32. The molecule has 2 amide bonds. The van der Waals surface area contributed by atoms with E-state index in [1.165, 1.54) is 26.4 Å². The van der Waals surface area contributed by atoms with Gasteiger partial charge in [0, 0.05) is 23.9 Å². The van der Waals surface area contributed by atoms with E-state index in [1.54, 1.807) is 23.1 Å². The van der Waals surface area contributed by atoms with Crippen LogP contribution in [0.25, 0.3) is 0 Å². The lowest BCUT2D eigenvalue weighted by molar-refractivity contribution is -0.117. The quantitative estimate of drug-likeness (QED) is 0.622. The van der Waals surface area contributed by atoms with Gasteiger partial charge in [0.15, 0.2) is 0 Å². The summed E-state index contributed by atoms with van der Waals surface area (Å²) in [5.74, 6) is 0.177. The van der Waals surface area contributed by atoms with Crippen LogP contribution < -0.4 is 25.2 Å². The van der Waals surface area contributed by atoms with Gasteiger partial charge in [0.2, 0.25) is 5.91 Å². The van der Waals surface area contributed by atoms with Crippen molar-refractivity contribution in [1.29, 1.82) is 0 Å². The Morgan fingerprint density at radius 1 is 1.09 bits per heavy atom. The van der Waals surface area contributed by atoms with Gasteiger partial charge < -0.3 is 19.7 Å². The summed E-state index contributed by atoms with van der Waals surface area (Å²) in [5, 5.41) is 6.87. The predicted octanol–water partition coefficient (Wildman–Crippen LogP) is 2.49. The molecule has 170 valence electrons. The van der Waals surface area contributed by atoms with Gasteiger partial charge >= 0.3 is 0 Å². The number of aromatic nitrogens is 2. The minimum atomic E-state index is -0.488. The van der Waals surface area contributed by atoms with Crippen LogP contribution in [0.4, 0.5) is 11.4 Å². The molecule has 1 atom stereocenters. The molecule has 4 rings (SSSR count). The Hall–Kier alpha value is -4.14. The smallest absolute Gasteiger partial charge is 0.278 e. The van der Waals surface area contributed by atoms with Crippen LogP contribution in [0.3, 0.4) is 0 Å². The van der Waals surface area contributed by atoms with E-state index >= 15 is 0 Å². The molecule has 9 nitrogen and oxygen atoms in total. The van der Waals surface area contributed by atoms with Crippen LogP contribution in [0, 0.1) is 0 Å². The fourth-order valence-corrected chi connectivity index (χ4v) is 3.90. The van der Waals surface area contributed by atoms with Gasteiger partial charge in [-0.2, -0.15) is 5.10 Å². The maximum atomic E-state index is 13.2. The molecule has 0 unspecified atom stereocenters. The summed E-state index contributed by atoms with van der Waals surface area (Å²) in [4.78, 5) is 39.8. The Morgan fingerprint density at radius 3 is 2.64 bits per heavy atom. The van der Waals surface area contributed by atoms with E-state index < -0.39 is 11.5 Å². The van der Waals surface area contributed by atoms with Crippen molar-refractivity contribution in [2.24, 2.45) is 0 Å². The van der Waals surface area contributed by atoms with Gasteiger partial charge in [0.25, 0.3) is 11.5 Å². The second kappa shape index (κ2) is 9.15. The summed E-state index contributed by atoms with van der Waals surface area (Å²) in [6, 6.07) is 15.2. The Bertz CT molecular complexity index is 1270. The molecule has 3 aromatic rings. The van der Waals surface area contributed by atoms with Gasteiger partial charge in [-0.15, -0.1) is 0 Å². The first kappa shape index (κ1) is 22.1. The van der Waals surface area contributed by atoms with Gasteiger partial charge in [0.1, 0.15) is 23.7 Å². The lowest BCUT2D eigenvalue weighted by Gasteiger charge is -2.22. The Balaban J connectivity index is 1.54. The lowest BCUT2D eigenvalue weighted by atomic mass is 10.1. The number of fused-ring (bicyclic) bond motifs is 1. The topological polar surface area (TPSA) is 103 Å². The zero-order chi connectivity index (χ0) is 23.5. The largest absolute Gasteiger partial charge is 0.497 e. The molecule has 0 fully saturated rings. The molecule has 0 aliphatic carbocycles. The number of rotatable bonds is 6. The van der Waals surface area contributed by atoms with Crippen molar-refractivity contribution in [1.82, 2.24) is 9.78 Å². The first-order valence-corrected chi connectivity index (χ1v) is 10.4. The van der Waals surface area contributed by atoms with Crippen LogP contribution in [0.1, 0.15) is 23.0 Å². The number of carbonyl (C=O) groups is 2. The molecule has 0 spiro atoms. The third-order valence-corrected chi connectivity index (χ3v) is 5.49. The highest BCUT2D eigenvalue weighted by atomic mass is 16.5. The van der Waals surface area contributed by atoms with E-state index in [4.69, 9.17) is 9.47 Å². The zero-order valence-corrected chi connectivity index (χ0v) is 18.6. The normalized spacial score (nSPS) is 14.5. The molecule has 33 heavy (non-hydrogen) atoms. The standard InChI is InChI=1S/C24H24N4O5/c1-15-12-16-6-4-5-7-20(16)28(15)24(31)19-10-11-23(30)27(26-19)14-22(29)25-18-9-8-17(32-2)13-21(18)33-3/h4-11,13,15H,12,14H2,1-3H3,(H,25,29)/t15-/m1/s1. The molecule has 2 heterocycles. The number of nitrogens with one attached hydrogen (secondary N) is 1. The number of para-hydroxylation sites is 1. The van der Waals surface area contributed by atoms with Crippen LogP contribution in [-0.2, 0) is 17.8 Å². The average Bonchev–Trinajstić information content (AvgIpc) is 3.15. The van der Waals surface area contributed by atoms with Crippen LogP contribution in [0.2, 0.25) is 0 Å². The molecule has 1 aliphatic heterocycles. The summed E-state index contributed by atoms with van der Waals surface area (Å²) < 4.78 is 11.4. The van der Waals surface area contributed by atoms with Gasteiger partial charge in [-0.3, -0.25) is 14.4 Å². The zero-order valence-electron chi connectivity index (χ0n) is 18.6. The lowest BCUT2D eigenvalue weighted by Crippen LogP contribution is -2.38. The first-order valence-electron chi connectivity index (χ1n) is 10.4. The number of hydrogen-bond acceptors (Lipinski definition) is 6. The molecule has 0 radical (unpaired) electrons. The third kappa shape index (κ3) is 4.43.